The second-order valence-electron chi connectivity index (χ2n) is 3.92. The first kappa shape index (κ1) is 15.0. The Hall–Kier alpha value is -2.36. The molecule has 0 aliphatic carbocycles. The minimum atomic E-state index is -4.73. The lowest BCUT2D eigenvalue weighted by Crippen LogP contribution is -2.31. The topological polar surface area (TPSA) is 92.4 Å². The van der Waals surface area contributed by atoms with Crippen molar-refractivity contribution in [3.8, 4) is 16.5 Å². The first-order valence-corrected chi connectivity index (χ1v) is 6.26. The molecule has 2 rings (SSSR count). The molecule has 0 fully saturated rings. The fourth-order valence-electron chi connectivity index (χ4n) is 1.61. The molecule has 0 saturated heterocycles. The van der Waals surface area contributed by atoms with E-state index in [1.165, 1.54) is 17.5 Å². The van der Waals surface area contributed by atoms with Crippen LogP contribution in [0, 0.1) is 0 Å². The summed E-state index contributed by atoms with van der Waals surface area (Å²) in [6.45, 7) is -1.68. The van der Waals surface area contributed by atoms with Crippen LogP contribution < -0.4 is 5.56 Å². The average molecular weight is 320 g/mol. The van der Waals surface area contributed by atoms with Crippen LogP contribution in [0.25, 0.3) is 10.7 Å². The number of alkyl halides is 3. The van der Waals surface area contributed by atoms with Crippen LogP contribution in [-0.2, 0) is 6.54 Å². The highest BCUT2D eigenvalue weighted by atomic mass is 32.1. The van der Waals surface area contributed by atoms with Crippen molar-refractivity contribution < 1.29 is 28.2 Å². The zero-order valence-electron chi connectivity index (χ0n) is 10.1. The first-order chi connectivity index (χ1) is 9.70. The molecular weight excluding hydrogens is 313 g/mol. The number of carboxylic acids is 1. The zero-order chi connectivity index (χ0) is 15.8. The second-order valence-corrected chi connectivity index (χ2v) is 4.87. The van der Waals surface area contributed by atoms with Crippen LogP contribution in [-0.4, -0.2) is 31.9 Å². The zero-order valence-corrected chi connectivity index (χ0v) is 10.9. The Morgan fingerprint density at radius 3 is 2.57 bits per heavy atom. The first-order valence-electron chi connectivity index (χ1n) is 5.38. The van der Waals surface area contributed by atoms with Gasteiger partial charge in [0.15, 0.2) is 11.5 Å². The van der Waals surface area contributed by atoms with Gasteiger partial charge in [0.05, 0.1) is 4.88 Å². The third-order valence-electron chi connectivity index (χ3n) is 2.43. The number of aromatic carboxylic acids is 1. The maximum Gasteiger partial charge on any atom is 0.406 e. The highest BCUT2D eigenvalue weighted by Gasteiger charge is 2.32. The van der Waals surface area contributed by atoms with E-state index in [1.54, 1.807) is 0 Å². The fraction of sp³-hybridized carbons (Fsp3) is 0.182. The Labute approximate surface area is 118 Å². The van der Waals surface area contributed by atoms with E-state index >= 15 is 0 Å². The van der Waals surface area contributed by atoms with Crippen molar-refractivity contribution in [2.75, 3.05) is 0 Å². The molecule has 21 heavy (non-hydrogen) atoms. The summed E-state index contributed by atoms with van der Waals surface area (Å²) < 4.78 is 37.9. The van der Waals surface area contributed by atoms with Gasteiger partial charge in [-0.05, 0) is 11.4 Å². The van der Waals surface area contributed by atoms with Crippen LogP contribution in [0.1, 0.15) is 10.5 Å². The Morgan fingerprint density at radius 1 is 1.43 bits per heavy atom. The number of carboxylic acid groups (broad SMARTS) is 1. The molecule has 0 bridgehead atoms. The summed E-state index contributed by atoms with van der Waals surface area (Å²) in [7, 11) is 0. The normalized spacial score (nSPS) is 11.6. The predicted molar refractivity (Wildman–Crippen MR) is 66.5 cm³/mol. The third-order valence-corrected chi connectivity index (χ3v) is 3.29. The van der Waals surface area contributed by atoms with Crippen LogP contribution in [0.3, 0.4) is 0 Å². The number of aromatic hydroxyl groups is 1. The van der Waals surface area contributed by atoms with Gasteiger partial charge in [-0.2, -0.15) is 13.2 Å². The molecule has 0 saturated carbocycles. The van der Waals surface area contributed by atoms with E-state index in [4.69, 9.17) is 5.11 Å². The highest BCUT2D eigenvalue weighted by Crippen LogP contribution is 2.27. The van der Waals surface area contributed by atoms with Crippen molar-refractivity contribution in [1.29, 1.82) is 0 Å². The summed E-state index contributed by atoms with van der Waals surface area (Å²) in [5.41, 5.74) is -2.44. The molecule has 0 spiro atoms. The van der Waals surface area contributed by atoms with E-state index in [2.05, 4.69) is 4.98 Å². The van der Waals surface area contributed by atoms with Crippen LogP contribution >= 0.6 is 11.3 Å². The minimum Gasteiger partial charge on any atom is -0.501 e. The largest absolute Gasteiger partial charge is 0.501 e. The Morgan fingerprint density at radius 2 is 2.10 bits per heavy atom. The Bertz CT molecular complexity index is 737. The van der Waals surface area contributed by atoms with Gasteiger partial charge < -0.3 is 10.2 Å². The van der Waals surface area contributed by atoms with Gasteiger partial charge in [0.2, 0.25) is 5.75 Å². The molecule has 2 aromatic rings. The molecule has 0 aliphatic rings. The molecule has 2 N–H and O–H groups in total. The van der Waals surface area contributed by atoms with E-state index in [1.807, 2.05) is 0 Å². The molecular formula is C11H7F3N2O4S. The minimum absolute atomic E-state index is 0.179. The summed E-state index contributed by atoms with van der Waals surface area (Å²) in [6, 6.07) is 2.90. The monoisotopic (exact) mass is 320 g/mol. The molecule has 6 nitrogen and oxygen atoms in total. The Balaban J connectivity index is 2.76. The van der Waals surface area contributed by atoms with Gasteiger partial charge in [-0.1, -0.05) is 6.07 Å². The third kappa shape index (κ3) is 3.05. The SMILES string of the molecule is O=C(O)c1nc(-c2cccs2)n(CC(F)(F)F)c(=O)c1O. The van der Waals surface area contributed by atoms with E-state index in [9.17, 15) is 27.9 Å². The van der Waals surface area contributed by atoms with Crippen molar-refractivity contribution in [2.45, 2.75) is 12.7 Å². The van der Waals surface area contributed by atoms with E-state index in [-0.39, 0.29) is 9.44 Å². The van der Waals surface area contributed by atoms with E-state index in [0.717, 1.165) is 11.3 Å². The summed E-state index contributed by atoms with van der Waals surface area (Å²) in [4.78, 5) is 26.4. The lowest BCUT2D eigenvalue weighted by Gasteiger charge is -2.14. The molecule has 0 atom stereocenters. The number of hydrogen-bond acceptors (Lipinski definition) is 5. The van der Waals surface area contributed by atoms with Crippen LogP contribution in [0.15, 0.2) is 22.3 Å². The van der Waals surface area contributed by atoms with Crippen LogP contribution in [0.4, 0.5) is 13.2 Å². The summed E-state index contributed by atoms with van der Waals surface area (Å²) >= 11 is 0.987. The van der Waals surface area contributed by atoms with Gasteiger partial charge in [-0.15, -0.1) is 11.3 Å². The number of carbonyl (C=O) groups is 1. The van der Waals surface area contributed by atoms with Crippen molar-refractivity contribution in [2.24, 2.45) is 0 Å². The van der Waals surface area contributed by atoms with Gasteiger partial charge in [-0.3, -0.25) is 9.36 Å². The molecule has 0 unspecified atom stereocenters. The van der Waals surface area contributed by atoms with E-state index in [0.29, 0.717) is 0 Å². The van der Waals surface area contributed by atoms with Gasteiger partial charge in [0, 0.05) is 0 Å². The predicted octanol–water partition coefficient (Wildman–Crippen LogP) is 1.94. The smallest absolute Gasteiger partial charge is 0.406 e. The highest BCUT2D eigenvalue weighted by molar-refractivity contribution is 7.13. The molecule has 0 aliphatic heterocycles. The fourth-order valence-corrected chi connectivity index (χ4v) is 2.34. The number of rotatable bonds is 3. The number of nitrogens with zero attached hydrogens (tertiary/aromatic N) is 2. The Kier molecular flexibility index (Phi) is 3.73. The van der Waals surface area contributed by atoms with Crippen molar-refractivity contribution in [3.63, 3.8) is 0 Å². The molecule has 2 heterocycles. The quantitative estimate of drug-likeness (QED) is 0.901. The lowest BCUT2D eigenvalue weighted by molar-refractivity contribution is -0.141. The van der Waals surface area contributed by atoms with Gasteiger partial charge in [0.1, 0.15) is 6.54 Å². The number of hydrogen-bond donors (Lipinski definition) is 2. The molecule has 0 amide bonds. The lowest BCUT2D eigenvalue weighted by atomic mass is 10.3. The standard InChI is InChI=1S/C11H7F3N2O4S/c12-11(13,14)4-16-8(5-2-1-3-21-5)15-6(10(19)20)7(17)9(16)18/h1-3,17H,4H2,(H,19,20). The average Bonchev–Trinajstić information content (AvgIpc) is 2.87. The molecule has 2 aromatic heterocycles. The number of halogens is 3. The van der Waals surface area contributed by atoms with Gasteiger partial charge in [0.25, 0.3) is 5.56 Å². The van der Waals surface area contributed by atoms with Gasteiger partial charge >= 0.3 is 12.1 Å². The summed E-state index contributed by atoms with van der Waals surface area (Å²) in [5, 5.41) is 19.8. The molecule has 0 aromatic carbocycles. The summed E-state index contributed by atoms with van der Waals surface area (Å²) in [5.74, 6) is -3.49. The van der Waals surface area contributed by atoms with Gasteiger partial charge in [-0.25, -0.2) is 9.78 Å². The maximum atomic E-state index is 12.6. The van der Waals surface area contributed by atoms with Crippen LogP contribution in [0.2, 0.25) is 0 Å². The molecule has 10 heteroatoms. The van der Waals surface area contributed by atoms with Crippen LogP contribution in [0.5, 0.6) is 5.75 Å². The maximum absolute atomic E-state index is 12.6. The summed E-state index contributed by atoms with van der Waals surface area (Å²) in [6.07, 6.45) is -4.73. The van der Waals surface area contributed by atoms with Crippen molar-refractivity contribution >= 4 is 17.3 Å². The molecule has 0 radical (unpaired) electrons. The second kappa shape index (κ2) is 5.20. The number of thiophene rings is 1. The molecule has 112 valence electrons. The van der Waals surface area contributed by atoms with E-state index < -0.39 is 41.5 Å². The van der Waals surface area contributed by atoms with Crippen molar-refractivity contribution in [3.05, 3.63) is 33.6 Å². The number of aromatic nitrogens is 2. The van der Waals surface area contributed by atoms with Crippen molar-refractivity contribution in [1.82, 2.24) is 9.55 Å².